The van der Waals surface area contributed by atoms with Gasteiger partial charge >= 0.3 is 0 Å². The van der Waals surface area contributed by atoms with E-state index in [2.05, 4.69) is 10.0 Å². The maximum absolute atomic E-state index is 13.5. The van der Waals surface area contributed by atoms with E-state index in [4.69, 9.17) is 21.1 Å². The van der Waals surface area contributed by atoms with E-state index in [0.717, 1.165) is 9.87 Å². The normalized spacial score (nSPS) is 11.4. The molecule has 0 aromatic heterocycles. The predicted molar refractivity (Wildman–Crippen MR) is 163 cm³/mol. The van der Waals surface area contributed by atoms with Gasteiger partial charge in [0.05, 0.1) is 35.4 Å². The minimum Gasteiger partial charge on any atom is -0.497 e. The number of hydrogen-bond donors (Lipinski definition) is 2. The van der Waals surface area contributed by atoms with Crippen molar-refractivity contribution in [3.8, 4) is 11.5 Å². The zero-order chi connectivity index (χ0) is 30.5. The largest absolute Gasteiger partial charge is 0.497 e. The summed E-state index contributed by atoms with van der Waals surface area (Å²) in [5.74, 6) is 0.100. The van der Waals surface area contributed by atoms with Gasteiger partial charge in [-0.3, -0.25) is 13.8 Å². The van der Waals surface area contributed by atoms with Gasteiger partial charge in [0, 0.05) is 16.8 Å². The van der Waals surface area contributed by atoms with Crippen LogP contribution < -0.4 is 23.8 Å². The number of anilines is 3. The Hall–Kier alpha value is -4.26. The molecule has 0 fully saturated rings. The number of ether oxygens (including phenoxy) is 2. The molecule has 4 aromatic rings. The molecule has 4 rings (SSSR count). The van der Waals surface area contributed by atoms with Gasteiger partial charge in [-0.25, -0.2) is 16.8 Å². The standard InChI is InChI=1S/C29H28ClN3O7S2/c1-20-5-4-6-23(17-20)33(42(37,38)26-12-7-21(30)8-13-26)19-29(34)31-22-9-14-25(15-10-22)41(35,36)32-27-18-24(39-2)11-16-28(27)40-3/h4-18,32H,19H2,1-3H3,(H,31,34). The molecule has 0 radical (unpaired) electrons. The molecule has 1 amide bonds. The lowest BCUT2D eigenvalue weighted by molar-refractivity contribution is -0.114. The smallest absolute Gasteiger partial charge is 0.264 e. The predicted octanol–water partition coefficient (Wildman–Crippen LogP) is 5.30. The highest BCUT2D eigenvalue weighted by molar-refractivity contribution is 7.93. The fraction of sp³-hybridized carbons (Fsp3) is 0.138. The maximum atomic E-state index is 13.5. The number of methoxy groups -OCH3 is 2. The molecule has 0 saturated carbocycles. The molecular weight excluding hydrogens is 602 g/mol. The molecule has 0 saturated heterocycles. The Morgan fingerprint density at radius 1 is 0.833 bits per heavy atom. The number of hydrogen-bond acceptors (Lipinski definition) is 7. The molecule has 42 heavy (non-hydrogen) atoms. The van der Waals surface area contributed by atoms with Gasteiger partial charge in [-0.1, -0.05) is 23.7 Å². The molecule has 0 aliphatic rings. The van der Waals surface area contributed by atoms with Gasteiger partial charge in [-0.05, 0) is 85.3 Å². The summed E-state index contributed by atoms with van der Waals surface area (Å²) in [6.45, 7) is 1.27. The average molecular weight is 630 g/mol. The minimum atomic E-state index is -4.13. The first-order chi connectivity index (χ1) is 19.9. The van der Waals surface area contributed by atoms with E-state index in [9.17, 15) is 21.6 Å². The second-order valence-corrected chi connectivity index (χ2v) is 13.0. The van der Waals surface area contributed by atoms with E-state index >= 15 is 0 Å². The lowest BCUT2D eigenvalue weighted by atomic mass is 10.2. The third kappa shape index (κ3) is 7.14. The first-order valence-corrected chi connectivity index (χ1v) is 15.7. The van der Waals surface area contributed by atoms with Crippen LogP contribution in [0.2, 0.25) is 5.02 Å². The van der Waals surface area contributed by atoms with E-state index in [1.165, 1.54) is 68.8 Å². The van der Waals surface area contributed by atoms with Crippen molar-refractivity contribution in [1.82, 2.24) is 0 Å². The summed E-state index contributed by atoms with van der Waals surface area (Å²) < 4.78 is 67.0. The van der Waals surface area contributed by atoms with Crippen LogP contribution >= 0.6 is 11.6 Å². The van der Waals surface area contributed by atoms with Gasteiger partial charge < -0.3 is 14.8 Å². The molecular formula is C29H28ClN3O7S2. The number of carbonyl (C=O) groups excluding carboxylic acids is 1. The Morgan fingerprint density at radius 2 is 1.50 bits per heavy atom. The third-order valence-electron chi connectivity index (χ3n) is 6.08. The summed E-state index contributed by atoms with van der Waals surface area (Å²) in [6, 6.07) is 22.5. The van der Waals surface area contributed by atoms with Gasteiger partial charge in [0.1, 0.15) is 18.0 Å². The van der Waals surface area contributed by atoms with Crippen molar-refractivity contribution in [3.05, 3.63) is 102 Å². The van der Waals surface area contributed by atoms with E-state index in [1.54, 1.807) is 30.3 Å². The van der Waals surface area contributed by atoms with E-state index in [1.807, 2.05) is 13.0 Å². The Kier molecular flexibility index (Phi) is 9.30. The van der Waals surface area contributed by atoms with Crippen LogP contribution in [0, 0.1) is 6.92 Å². The van der Waals surface area contributed by atoms with Crippen molar-refractivity contribution < 1.29 is 31.1 Å². The molecule has 0 heterocycles. The van der Waals surface area contributed by atoms with Crippen molar-refractivity contribution in [3.63, 3.8) is 0 Å². The summed E-state index contributed by atoms with van der Waals surface area (Å²) in [6.07, 6.45) is 0. The zero-order valence-corrected chi connectivity index (χ0v) is 25.3. The van der Waals surface area contributed by atoms with E-state index < -0.39 is 32.5 Å². The van der Waals surface area contributed by atoms with Crippen LogP contribution in [0.1, 0.15) is 5.56 Å². The quantitative estimate of drug-likeness (QED) is 0.230. The highest BCUT2D eigenvalue weighted by Crippen LogP contribution is 2.31. The first-order valence-electron chi connectivity index (χ1n) is 12.4. The molecule has 10 nitrogen and oxygen atoms in total. The van der Waals surface area contributed by atoms with Gasteiger partial charge in [0.15, 0.2) is 0 Å². The summed E-state index contributed by atoms with van der Waals surface area (Å²) in [7, 11) is -5.28. The maximum Gasteiger partial charge on any atom is 0.264 e. The summed E-state index contributed by atoms with van der Waals surface area (Å²) in [5.41, 5.74) is 1.57. The summed E-state index contributed by atoms with van der Waals surface area (Å²) in [5, 5.41) is 3.01. The number of nitrogens with zero attached hydrogens (tertiary/aromatic N) is 1. The fourth-order valence-electron chi connectivity index (χ4n) is 3.98. The number of amides is 1. The molecule has 0 atom stereocenters. The fourth-order valence-corrected chi connectivity index (χ4v) is 6.58. The van der Waals surface area contributed by atoms with Crippen LogP contribution in [0.3, 0.4) is 0 Å². The number of rotatable bonds is 11. The molecule has 2 N–H and O–H groups in total. The van der Waals surface area contributed by atoms with Crippen molar-refractivity contribution in [1.29, 1.82) is 0 Å². The minimum absolute atomic E-state index is 0.0315. The van der Waals surface area contributed by atoms with Crippen LogP contribution in [0.5, 0.6) is 11.5 Å². The topological polar surface area (TPSA) is 131 Å². The third-order valence-corrected chi connectivity index (χ3v) is 9.50. The van der Waals surface area contributed by atoms with Crippen LogP contribution in [-0.4, -0.2) is 43.5 Å². The molecule has 0 aliphatic carbocycles. The number of halogens is 1. The van der Waals surface area contributed by atoms with E-state index in [-0.39, 0.29) is 21.2 Å². The summed E-state index contributed by atoms with van der Waals surface area (Å²) >= 11 is 5.93. The highest BCUT2D eigenvalue weighted by atomic mass is 35.5. The molecule has 13 heteroatoms. The second-order valence-electron chi connectivity index (χ2n) is 9.05. The molecule has 0 unspecified atom stereocenters. The number of aryl methyl sites for hydroxylation is 1. The van der Waals surface area contributed by atoms with Crippen molar-refractivity contribution in [2.75, 3.05) is 35.1 Å². The SMILES string of the molecule is COc1ccc(OC)c(NS(=O)(=O)c2ccc(NC(=O)CN(c3cccc(C)c3)S(=O)(=O)c3ccc(Cl)cc3)cc2)c1. The lowest BCUT2D eigenvalue weighted by Gasteiger charge is -2.24. The molecule has 0 bridgehead atoms. The highest BCUT2D eigenvalue weighted by Gasteiger charge is 2.27. The Labute approximate surface area is 250 Å². The monoisotopic (exact) mass is 629 g/mol. The molecule has 220 valence electrons. The zero-order valence-electron chi connectivity index (χ0n) is 22.9. The van der Waals surface area contributed by atoms with Gasteiger partial charge in [0.25, 0.3) is 20.0 Å². The van der Waals surface area contributed by atoms with Crippen LogP contribution in [0.4, 0.5) is 17.1 Å². The molecule has 4 aromatic carbocycles. The summed E-state index contributed by atoms with van der Waals surface area (Å²) in [4.78, 5) is 13.0. The second kappa shape index (κ2) is 12.7. The number of sulfonamides is 2. The first kappa shape index (κ1) is 30.7. The van der Waals surface area contributed by atoms with Crippen LogP contribution in [0.15, 0.2) is 101 Å². The number of benzene rings is 4. The average Bonchev–Trinajstić information content (AvgIpc) is 2.96. The molecule has 0 aliphatic heterocycles. The van der Waals surface area contributed by atoms with Crippen LogP contribution in [-0.2, 0) is 24.8 Å². The van der Waals surface area contributed by atoms with Gasteiger partial charge in [-0.15, -0.1) is 0 Å². The number of carbonyl (C=O) groups is 1. The van der Waals surface area contributed by atoms with Crippen LogP contribution in [0.25, 0.3) is 0 Å². The molecule has 0 spiro atoms. The Bertz CT molecular complexity index is 1800. The van der Waals surface area contributed by atoms with Gasteiger partial charge in [0.2, 0.25) is 5.91 Å². The number of nitrogens with one attached hydrogen (secondary N) is 2. The Morgan fingerprint density at radius 3 is 2.12 bits per heavy atom. The lowest BCUT2D eigenvalue weighted by Crippen LogP contribution is -2.38. The van der Waals surface area contributed by atoms with Crippen molar-refractivity contribution in [2.45, 2.75) is 16.7 Å². The van der Waals surface area contributed by atoms with E-state index in [0.29, 0.717) is 22.2 Å². The Balaban J connectivity index is 1.54. The van der Waals surface area contributed by atoms with Crippen molar-refractivity contribution in [2.24, 2.45) is 0 Å². The van der Waals surface area contributed by atoms with Gasteiger partial charge in [-0.2, -0.15) is 0 Å². The van der Waals surface area contributed by atoms with Crippen molar-refractivity contribution >= 4 is 54.6 Å².